The Morgan fingerprint density at radius 2 is 2.16 bits per heavy atom. The zero-order chi connectivity index (χ0) is 17.4. The zero-order valence-electron chi connectivity index (χ0n) is 13.0. The molecule has 2 amide bonds. The van der Waals surface area contributed by atoms with Crippen molar-refractivity contribution in [1.29, 1.82) is 0 Å². The van der Waals surface area contributed by atoms with Crippen LogP contribution in [0, 0.1) is 0 Å². The van der Waals surface area contributed by atoms with Gasteiger partial charge in [-0.15, -0.1) is 0 Å². The van der Waals surface area contributed by atoms with Crippen molar-refractivity contribution in [3.63, 3.8) is 0 Å². The third-order valence-corrected chi connectivity index (χ3v) is 4.07. The van der Waals surface area contributed by atoms with Gasteiger partial charge in [0, 0.05) is 24.2 Å². The molecule has 25 heavy (non-hydrogen) atoms. The molecule has 1 aromatic carbocycles. The number of rotatable bonds is 3. The quantitative estimate of drug-likeness (QED) is 0.555. The molecule has 0 saturated carbocycles. The van der Waals surface area contributed by atoms with Crippen LogP contribution in [-0.2, 0) is 11.3 Å². The molecule has 1 aliphatic rings. The molecule has 4 rings (SSSR count). The van der Waals surface area contributed by atoms with Crippen molar-refractivity contribution in [2.45, 2.75) is 6.54 Å². The lowest BCUT2D eigenvalue weighted by Gasteiger charge is -2.29. The minimum Gasteiger partial charge on any atom is -0.482 e. The predicted molar refractivity (Wildman–Crippen MR) is 87.6 cm³/mol. The third-order valence-electron chi connectivity index (χ3n) is 4.07. The molecule has 1 aliphatic heterocycles. The van der Waals surface area contributed by atoms with Crippen LogP contribution in [0.15, 0.2) is 48.9 Å². The first-order chi connectivity index (χ1) is 12.2. The fraction of sp³-hybridized carbons (Fsp3) is 0.118. The number of imidazole rings is 1. The monoisotopic (exact) mass is 338 g/mol. The Kier molecular flexibility index (Phi) is 3.58. The molecular formula is C17H14N4O4. The van der Waals surface area contributed by atoms with Crippen LogP contribution in [0.3, 0.4) is 0 Å². The first kappa shape index (κ1) is 15.2. The topological polar surface area (TPSA) is 96.2 Å². The van der Waals surface area contributed by atoms with E-state index in [1.807, 2.05) is 28.9 Å². The van der Waals surface area contributed by atoms with E-state index in [1.165, 1.54) is 12.1 Å². The maximum atomic E-state index is 12.4. The molecule has 0 aliphatic carbocycles. The van der Waals surface area contributed by atoms with Crippen LogP contribution in [0.25, 0.3) is 5.65 Å². The van der Waals surface area contributed by atoms with E-state index in [0.717, 1.165) is 11.2 Å². The SMILES string of the molecule is O=C(NO)c1ccc2c(c1)N(Cc1ccn3ccnc3c1)C(=O)CO2. The molecule has 0 spiro atoms. The van der Waals surface area contributed by atoms with Gasteiger partial charge in [-0.05, 0) is 35.9 Å². The number of carbonyl (C=O) groups excluding carboxylic acids is 2. The van der Waals surface area contributed by atoms with Gasteiger partial charge in [0.05, 0.1) is 12.2 Å². The van der Waals surface area contributed by atoms with Crippen molar-refractivity contribution >= 4 is 23.1 Å². The largest absolute Gasteiger partial charge is 0.482 e. The summed E-state index contributed by atoms with van der Waals surface area (Å²) in [5, 5.41) is 8.80. The highest BCUT2D eigenvalue weighted by atomic mass is 16.5. The number of hydrogen-bond acceptors (Lipinski definition) is 5. The fourth-order valence-corrected chi connectivity index (χ4v) is 2.81. The van der Waals surface area contributed by atoms with Crippen LogP contribution in [-0.4, -0.2) is 33.0 Å². The number of fused-ring (bicyclic) bond motifs is 2. The van der Waals surface area contributed by atoms with E-state index in [0.29, 0.717) is 18.0 Å². The number of hydroxylamine groups is 1. The summed E-state index contributed by atoms with van der Waals surface area (Å²) < 4.78 is 7.31. The summed E-state index contributed by atoms with van der Waals surface area (Å²) in [5.41, 5.74) is 3.99. The maximum absolute atomic E-state index is 12.4. The molecule has 0 unspecified atom stereocenters. The van der Waals surface area contributed by atoms with E-state index < -0.39 is 5.91 Å². The highest BCUT2D eigenvalue weighted by Gasteiger charge is 2.26. The number of pyridine rings is 1. The molecule has 0 fully saturated rings. The molecule has 2 aromatic heterocycles. The van der Waals surface area contributed by atoms with Crippen molar-refractivity contribution in [1.82, 2.24) is 14.9 Å². The van der Waals surface area contributed by atoms with Crippen LogP contribution < -0.4 is 15.1 Å². The fourth-order valence-electron chi connectivity index (χ4n) is 2.81. The second kappa shape index (κ2) is 5.91. The number of hydrogen-bond donors (Lipinski definition) is 2. The molecule has 8 nitrogen and oxygen atoms in total. The predicted octanol–water partition coefficient (Wildman–Crippen LogP) is 1.38. The Hall–Kier alpha value is -3.39. The van der Waals surface area contributed by atoms with Crippen molar-refractivity contribution < 1.29 is 19.5 Å². The standard InChI is InChI=1S/C17H14N4O4/c22-16-10-25-14-2-1-12(17(23)19-24)8-13(14)21(16)9-11-3-5-20-6-4-18-15(20)7-11/h1-8,24H,9-10H2,(H,19,23). The van der Waals surface area contributed by atoms with Crippen molar-refractivity contribution in [2.75, 3.05) is 11.5 Å². The van der Waals surface area contributed by atoms with Crippen molar-refractivity contribution in [3.8, 4) is 5.75 Å². The lowest BCUT2D eigenvalue weighted by molar-refractivity contribution is -0.121. The molecular weight excluding hydrogens is 324 g/mol. The number of carbonyl (C=O) groups is 2. The summed E-state index contributed by atoms with van der Waals surface area (Å²) in [7, 11) is 0. The number of nitrogens with one attached hydrogen (secondary N) is 1. The van der Waals surface area contributed by atoms with Crippen LogP contribution in [0.1, 0.15) is 15.9 Å². The van der Waals surface area contributed by atoms with Gasteiger partial charge in [0.15, 0.2) is 6.61 Å². The van der Waals surface area contributed by atoms with Gasteiger partial charge in [0.25, 0.3) is 11.8 Å². The molecule has 8 heteroatoms. The van der Waals surface area contributed by atoms with E-state index in [2.05, 4.69) is 4.98 Å². The van der Waals surface area contributed by atoms with E-state index in [-0.39, 0.29) is 18.1 Å². The van der Waals surface area contributed by atoms with Gasteiger partial charge >= 0.3 is 0 Å². The molecule has 126 valence electrons. The molecule has 0 saturated heterocycles. The number of nitrogens with zero attached hydrogens (tertiary/aromatic N) is 3. The van der Waals surface area contributed by atoms with Crippen LogP contribution >= 0.6 is 0 Å². The van der Waals surface area contributed by atoms with Gasteiger partial charge in [0.2, 0.25) is 0 Å². The van der Waals surface area contributed by atoms with Crippen LogP contribution in [0.2, 0.25) is 0 Å². The van der Waals surface area contributed by atoms with Gasteiger partial charge in [-0.2, -0.15) is 0 Å². The summed E-state index contributed by atoms with van der Waals surface area (Å²) in [6.07, 6.45) is 5.42. The summed E-state index contributed by atoms with van der Waals surface area (Å²) in [6.45, 7) is 0.257. The Bertz CT molecular complexity index is 982. The van der Waals surface area contributed by atoms with Gasteiger partial charge in [-0.25, -0.2) is 10.5 Å². The molecule has 0 atom stereocenters. The van der Waals surface area contributed by atoms with E-state index in [4.69, 9.17) is 9.94 Å². The number of aromatic nitrogens is 2. The van der Waals surface area contributed by atoms with E-state index in [9.17, 15) is 9.59 Å². The summed E-state index contributed by atoms with van der Waals surface area (Å²) >= 11 is 0. The Balaban J connectivity index is 1.71. The van der Waals surface area contributed by atoms with Gasteiger partial charge in [0.1, 0.15) is 11.4 Å². The minimum atomic E-state index is -0.653. The molecule has 0 radical (unpaired) electrons. The van der Waals surface area contributed by atoms with Gasteiger partial charge < -0.3 is 14.0 Å². The van der Waals surface area contributed by atoms with E-state index >= 15 is 0 Å². The first-order valence-corrected chi connectivity index (χ1v) is 7.59. The first-order valence-electron chi connectivity index (χ1n) is 7.59. The maximum Gasteiger partial charge on any atom is 0.274 e. The average Bonchev–Trinajstić information content (AvgIpc) is 3.11. The Morgan fingerprint density at radius 1 is 1.28 bits per heavy atom. The van der Waals surface area contributed by atoms with E-state index in [1.54, 1.807) is 22.6 Å². The Labute approximate surface area is 142 Å². The Morgan fingerprint density at radius 3 is 3.00 bits per heavy atom. The average molecular weight is 338 g/mol. The highest BCUT2D eigenvalue weighted by molar-refractivity contribution is 6.01. The number of anilines is 1. The minimum absolute atomic E-state index is 0.0653. The van der Waals surface area contributed by atoms with Crippen molar-refractivity contribution in [3.05, 3.63) is 60.0 Å². The highest BCUT2D eigenvalue weighted by Crippen LogP contribution is 2.34. The molecule has 3 heterocycles. The molecule has 0 bridgehead atoms. The number of ether oxygens (including phenoxy) is 1. The summed E-state index contributed by atoms with van der Waals surface area (Å²) in [6, 6.07) is 8.45. The van der Waals surface area contributed by atoms with Gasteiger partial charge in [-0.1, -0.05) is 0 Å². The van der Waals surface area contributed by atoms with Crippen LogP contribution in [0.5, 0.6) is 5.75 Å². The summed E-state index contributed by atoms with van der Waals surface area (Å²) in [5.74, 6) is -0.354. The van der Waals surface area contributed by atoms with Crippen LogP contribution in [0.4, 0.5) is 5.69 Å². The summed E-state index contributed by atoms with van der Waals surface area (Å²) in [4.78, 5) is 29.8. The third kappa shape index (κ3) is 2.68. The molecule has 2 N–H and O–H groups in total. The molecule has 3 aromatic rings. The second-order valence-corrected chi connectivity index (χ2v) is 5.62. The van der Waals surface area contributed by atoms with Crippen molar-refractivity contribution in [2.24, 2.45) is 0 Å². The lowest BCUT2D eigenvalue weighted by atomic mass is 10.1. The lowest BCUT2D eigenvalue weighted by Crippen LogP contribution is -2.38. The smallest absolute Gasteiger partial charge is 0.274 e. The zero-order valence-corrected chi connectivity index (χ0v) is 13.0. The number of amides is 2. The number of benzene rings is 1. The van der Waals surface area contributed by atoms with Gasteiger partial charge in [-0.3, -0.25) is 14.8 Å². The normalized spacial score (nSPS) is 13.5. The second-order valence-electron chi connectivity index (χ2n) is 5.62.